The summed E-state index contributed by atoms with van der Waals surface area (Å²) in [6.07, 6.45) is -10.2. The van der Waals surface area contributed by atoms with Crippen molar-refractivity contribution in [2.75, 3.05) is 18.1 Å². The number of aliphatic hydroxyl groups is 2. The largest absolute Gasteiger partial charge is 0.508 e. The van der Waals surface area contributed by atoms with Crippen LogP contribution in [0.4, 0.5) is 32.0 Å². The van der Waals surface area contributed by atoms with Gasteiger partial charge in [0, 0.05) is 5.92 Å². The van der Waals surface area contributed by atoms with Gasteiger partial charge in [0.15, 0.2) is 0 Å². The molecule has 1 heterocycles. The molecule has 1 saturated heterocycles. The quantitative estimate of drug-likeness (QED) is 0.0357. The maximum Gasteiger partial charge on any atom is 0.416 e. The summed E-state index contributed by atoms with van der Waals surface area (Å²) in [7, 11) is -3.33. The van der Waals surface area contributed by atoms with Gasteiger partial charge in [-0.25, -0.2) is 4.90 Å². The molecule has 66 heavy (non-hydrogen) atoms. The number of carbonyl (C=O) groups excluding carboxylic acids is 2. The van der Waals surface area contributed by atoms with E-state index in [0.29, 0.717) is 28.2 Å². The van der Waals surface area contributed by atoms with Gasteiger partial charge >= 0.3 is 12.4 Å². The number of fused-ring (bicyclic) bond motifs is 1. The number of benzene rings is 5. The lowest BCUT2D eigenvalue weighted by Gasteiger charge is -2.44. The molecule has 5 aromatic carbocycles. The van der Waals surface area contributed by atoms with Crippen molar-refractivity contribution in [2.45, 2.75) is 63.5 Å². The van der Waals surface area contributed by atoms with Crippen molar-refractivity contribution in [2.24, 2.45) is 17.8 Å². The molecule has 15 heteroatoms. The smallest absolute Gasteiger partial charge is 0.416 e. The van der Waals surface area contributed by atoms with Crippen LogP contribution >= 0.6 is 11.6 Å². The van der Waals surface area contributed by atoms with E-state index in [1.165, 1.54) is 12.1 Å². The standard InChI is InChI=1S/C51H48ClF6NO6Si/c1-49(2,3)66(39-15-9-5-10-16-39,40-17-11-6-12-18-40)65-30-34-24-41-46(48(64)59(47(41)63)37-26-35(50(53,54)55)25-36(27-37)51(56,57)58)42(29-60)45(34)44(62)22-20-32(31-13-7-4-8-14-31)23-33-19-21-38(61)28-43(33)52/h4-19,21,23,25-28,41-42,44,46,60-62H,20,22,24,29-30H2,1-3H3/b32-23-/t41-,42+,44-,46-/m1/s1. The Morgan fingerprint density at radius 3 is 1.85 bits per heavy atom. The molecule has 4 atom stereocenters. The number of phenolic OH excluding ortho intramolecular Hbond substituents is 1. The van der Waals surface area contributed by atoms with Crippen molar-refractivity contribution in [3.8, 4) is 5.75 Å². The van der Waals surface area contributed by atoms with Gasteiger partial charge in [-0.2, -0.15) is 26.3 Å². The summed E-state index contributed by atoms with van der Waals surface area (Å²) >= 11 is 6.51. The summed E-state index contributed by atoms with van der Waals surface area (Å²) in [5, 5.41) is 35.3. The highest BCUT2D eigenvalue weighted by molar-refractivity contribution is 6.99. The Bertz CT molecular complexity index is 2560. The molecule has 3 N–H and O–H groups in total. The first-order valence-electron chi connectivity index (χ1n) is 21.3. The van der Waals surface area contributed by atoms with Crippen LogP contribution in [0.25, 0.3) is 11.6 Å². The van der Waals surface area contributed by atoms with Crippen molar-refractivity contribution in [1.29, 1.82) is 0 Å². The normalized spacial score (nSPS) is 19.1. The number of anilines is 1. The Morgan fingerprint density at radius 1 is 0.803 bits per heavy atom. The number of aliphatic hydroxyl groups excluding tert-OH is 2. The number of hydrogen-bond donors (Lipinski definition) is 3. The van der Waals surface area contributed by atoms with Gasteiger partial charge in [0.25, 0.3) is 8.32 Å². The number of rotatable bonds is 13. The Kier molecular flexibility index (Phi) is 13.9. The minimum atomic E-state index is -5.26. The van der Waals surface area contributed by atoms with Crippen LogP contribution in [0.2, 0.25) is 10.1 Å². The first-order valence-corrected chi connectivity index (χ1v) is 23.6. The van der Waals surface area contributed by atoms with Crippen molar-refractivity contribution < 1.29 is 55.7 Å². The number of imide groups is 1. The Hall–Kier alpha value is -5.51. The molecule has 0 bridgehead atoms. The lowest BCUT2D eigenvalue weighted by molar-refractivity contribution is -0.143. The second kappa shape index (κ2) is 19.0. The molecular formula is C51H48ClF6NO6Si. The summed E-state index contributed by atoms with van der Waals surface area (Å²) in [6, 6.07) is 33.6. The highest BCUT2D eigenvalue weighted by Gasteiger charge is 2.57. The third kappa shape index (κ3) is 9.66. The van der Waals surface area contributed by atoms with Gasteiger partial charge in [0.1, 0.15) is 5.75 Å². The monoisotopic (exact) mass is 947 g/mol. The number of nitrogens with zero attached hydrogens (tertiary/aromatic N) is 1. The number of carbonyl (C=O) groups is 2. The number of aromatic hydroxyl groups is 1. The molecule has 346 valence electrons. The fourth-order valence-electron chi connectivity index (χ4n) is 9.59. The van der Waals surface area contributed by atoms with E-state index in [2.05, 4.69) is 20.8 Å². The van der Waals surface area contributed by atoms with E-state index in [1.807, 2.05) is 97.1 Å². The van der Waals surface area contributed by atoms with Crippen LogP contribution in [-0.2, 0) is 26.4 Å². The summed E-state index contributed by atoms with van der Waals surface area (Å²) in [4.78, 5) is 29.3. The Balaban J connectivity index is 1.35. The third-order valence-corrected chi connectivity index (χ3v) is 17.9. The summed E-state index contributed by atoms with van der Waals surface area (Å²) in [5.41, 5.74) is -1.64. The molecule has 7 rings (SSSR count). The number of hydrogen-bond acceptors (Lipinski definition) is 6. The van der Waals surface area contributed by atoms with Crippen LogP contribution in [0.3, 0.4) is 0 Å². The van der Waals surface area contributed by atoms with Gasteiger partial charge in [0.2, 0.25) is 11.8 Å². The van der Waals surface area contributed by atoms with Crippen molar-refractivity contribution in [3.05, 3.63) is 166 Å². The zero-order valence-electron chi connectivity index (χ0n) is 36.2. The fraction of sp³-hybridized carbons (Fsp3) is 0.294. The van der Waals surface area contributed by atoms with E-state index >= 15 is 0 Å². The maximum atomic E-state index is 14.5. The average molecular weight is 948 g/mol. The molecule has 0 radical (unpaired) electrons. The molecule has 2 aliphatic rings. The fourth-order valence-corrected chi connectivity index (χ4v) is 14.4. The summed E-state index contributed by atoms with van der Waals surface area (Å²) in [6.45, 7) is 5.15. The van der Waals surface area contributed by atoms with Crippen LogP contribution in [0.1, 0.15) is 62.3 Å². The molecule has 0 saturated carbocycles. The number of amides is 2. The molecule has 0 unspecified atom stereocenters. The maximum absolute atomic E-state index is 14.5. The lowest BCUT2D eigenvalue weighted by atomic mass is 9.68. The van der Waals surface area contributed by atoms with E-state index in [0.717, 1.165) is 21.5 Å². The van der Waals surface area contributed by atoms with Crippen LogP contribution in [0.5, 0.6) is 5.75 Å². The zero-order valence-corrected chi connectivity index (χ0v) is 38.0. The molecule has 1 aliphatic carbocycles. The van der Waals surface area contributed by atoms with Crippen LogP contribution in [-0.4, -0.2) is 54.8 Å². The van der Waals surface area contributed by atoms with E-state index in [-0.39, 0.29) is 48.3 Å². The number of halogens is 7. The number of alkyl halides is 6. The van der Waals surface area contributed by atoms with Gasteiger partial charge in [-0.1, -0.05) is 123 Å². The predicted octanol–water partition coefficient (Wildman–Crippen LogP) is 10.5. The number of allylic oxidation sites excluding steroid dienone is 1. The van der Waals surface area contributed by atoms with Crippen LogP contribution < -0.4 is 15.3 Å². The van der Waals surface area contributed by atoms with E-state index in [1.54, 1.807) is 6.07 Å². The average Bonchev–Trinajstić information content (AvgIpc) is 3.53. The van der Waals surface area contributed by atoms with Crippen molar-refractivity contribution in [1.82, 2.24) is 0 Å². The van der Waals surface area contributed by atoms with Gasteiger partial charge in [-0.15, -0.1) is 0 Å². The molecule has 0 spiro atoms. The SMILES string of the molecule is CC(C)(C)[Si](OCC1=C([C@H](O)CC/C(=C/c2ccc(O)cc2Cl)c2ccccc2)[C@H](CO)[C@@H]2C(=O)N(c3cc(C(F)(F)F)cc(C(F)(F)F)c3)C(=O)[C@@H]2C1)(c1ccccc1)c1ccccc1. The second-order valence-corrected chi connectivity index (χ2v) is 22.4. The first kappa shape index (κ1) is 48.4. The minimum absolute atomic E-state index is 0.00319. The highest BCUT2D eigenvalue weighted by atomic mass is 35.5. The summed E-state index contributed by atoms with van der Waals surface area (Å²) < 4.78 is 91.7. The zero-order chi connectivity index (χ0) is 47.8. The summed E-state index contributed by atoms with van der Waals surface area (Å²) in [5.74, 6) is -6.24. The van der Waals surface area contributed by atoms with Gasteiger partial charge < -0.3 is 19.7 Å². The van der Waals surface area contributed by atoms with Crippen LogP contribution in [0, 0.1) is 17.8 Å². The minimum Gasteiger partial charge on any atom is -0.508 e. The molecule has 1 fully saturated rings. The first-order chi connectivity index (χ1) is 31.2. The Labute approximate surface area is 384 Å². The third-order valence-electron chi connectivity index (χ3n) is 12.6. The molecule has 0 aromatic heterocycles. The number of phenols is 1. The Morgan fingerprint density at radius 2 is 1.35 bits per heavy atom. The topological polar surface area (TPSA) is 107 Å². The van der Waals surface area contributed by atoms with E-state index < -0.39 is 84.8 Å². The van der Waals surface area contributed by atoms with E-state index in [4.69, 9.17) is 16.0 Å². The van der Waals surface area contributed by atoms with Crippen molar-refractivity contribution in [3.63, 3.8) is 0 Å². The molecular weight excluding hydrogens is 900 g/mol. The van der Waals surface area contributed by atoms with E-state index in [9.17, 15) is 51.3 Å². The van der Waals surface area contributed by atoms with Gasteiger partial charge in [0.05, 0.1) is 53.0 Å². The van der Waals surface area contributed by atoms with Crippen molar-refractivity contribution >= 4 is 59.4 Å². The molecule has 7 nitrogen and oxygen atoms in total. The van der Waals surface area contributed by atoms with Gasteiger partial charge in [-0.3, -0.25) is 9.59 Å². The predicted molar refractivity (Wildman–Crippen MR) is 244 cm³/mol. The van der Waals surface area contributed by atoms with Gasteiger partial charge in [-0.05, 0) is 105 Å². The van der Waals surface area contributed by atoms with Crippen LogP contribution in [0.15, 0.2) is 139 Å². The molecule has 1 aliphatic heterocycles. The molecule has 2 amide bonds. The second-order valence-electron chi connectivity index (χ2n) is 17.7. The lowest BCUT2D eigenvalue weighted by Crippen LogP contribution is -2.66. The highest BCUT2D eigenvalue weighted by Crippen LogP contribution is 2.49. The molecule has 5 aromatic rings.